The molecule has 2 rings (SSSR count). The summed E-state index contributed by atoms with van der Waals surface area (Å²) in [6, 6.07) is 5.51. The minimum atomic E-state index is -0.343. The number of quaternary nitrogens is 1. The molecule has 1 aromatic heterocycles. The number of carbonyl (C=O) groups is 1. The van der Waals surface area contributed by atoms with Crippen LogP contribution in [0.25, 0.3) is 11.0 Å². The molecule has 0 aliphatic carbocycles. The summed E-state index contributed by atoms with van der Waals surface area (Å²) in [6.45, 7) is 10.5. The van der Waals surface area contributed by atoms with Gasteiger partial charge in [0.05, 0.1) is 6.54 Å². The highest BCUT2D eigenvalue weighted by atomic mass is 16.4. The Morgan fingerprint density at radius 2 is 1.87 bits per heavy atom. The van der Waals surface area contributed by atoms with E-state index < -0.39 is 0 Å². The van der Waals surface area contributed by atoms with Gasteiger partial charge in [-0.2, -0.15) is 0 Å². The lowest BCUT2D eigenvalue weighted by atomic mass is 10.0. The van der Waals surface area contributed by atoms with Crippen LogP contribution in [0.2, 0.25) is 0 Å². The zero-order valence-corrected chi connectivity index (χ0v) is 14.3. The van der Waals surface area contributed by atoms with Gasteiger partial charge in [-0.15, -0.1) is 0 Å². The van der Waals surface area contributed by atoms with Crippen molar-refractivity contribution in [3.63, 3.8) is 0 Å². The fourth-order valence-electron chi connectivity index (χ4n) is 2.70. The van der Waals surface area contributed by atoms with Gasteiger partial charge in [-0.25, -0.2) is 4.79 Å². The monoisotopic (exact) mass is 317 g/mol. The molecule has 0 spiro atoms. The molecule has 124 valence electrons. The van der Waals surface area contributed by atoms with Gasteiger partial charge in [-0.1, -0.05) is 0 Å². The molecule has 0 aliphatic rings. The van der Waals surface area contributed by atoms with E-state index >= 15 is 0 Å². The zero-order valence-electron chi connectivity index (χ0n) is 14.3. The van der Waals surface area contributed by atoms with E-state index in [-0.39, 0.29) is 11.5 Å². The third-order valence-corrected chi connectivity index (χ3v) is 4.17. The van der Waals surface area contributed by atoms with Crippen LogP contribution in [0, 0.1) is 13.8 Å². The Kier molecular flexibility index (Phi) is 5.55. The molecule has 0 radical (unpaired) electrons. The Morgan fingerprint density at radius 1 is 1.17 bits per heavy atom. The number of carbonyl (C=O) groups excluding carboxylic acids is 1. The van der Waals surface area contributed by atoms with Gasteiger partial charge in [0.2, 0.25) is 0 Å². The molecule has 0 aliphatic heterocycles. The number of hydrogen-bond acceptors (Lipinski definition) is 3. The van der Waals surface area contributed by atoms with Crippen molar-refractivity contribution in [3.05, 3.63) is 45.3 Å². The van der Waals surface area contributed by atoms with Crippen molar-refractivity contribution < 1.29 is 14.1 Å². The second-order valence-electron chi connectivity index (χ2n) is 5.93. The maximum absolute atomic E-state index is 11.8. The Bertz CT molecular complexity index is 765. The molecule has 1 amide bonds. The predicted molar refractivity (Wildman–Crippen MR) is 90.7 cm³/mol. The lowest BCUT2D eigenvalue weighted by molar-refractivity contribution is -0.904. The summed E-state index contributed by atoms with van der Waals surface area (Å²) in [5, 5.41) is 3.77. The van der Waals surface area contributed by atoms with Crippen LogP contribution in [0.4, 0.5) is 0 Å². The fourth-order valence-corrected chi connectivity index (χ4v) is 2.70. The average molecular weight is 317 g/mol. The van der Waals surface area contributed by atoms with Gasteiger partial charge in [0.15, 0.2) is 6.54 Å². The number of benzene rings is 1. The first kappa shape index (κ1) is 17.2. The lowest BCUT2D eigenvalue weighted by Gasteiger charge is -2.18. The largest absolute Gasteiger partial charge is 0.423 e. The van der Waals surface area contributed by atoms with E-state index in [1.807, 2.05) is 33.8 Å². The molecule has 0 saturated carbocycles. The highest BCUT2D eigenvalue weighted by Gasteiger charge is 2.16. The van der Waals surface area contributed by atoms with E-state index in [1.165, 1.54) is 0 Å². The number of hydrogen-bond donors (Lipinski definition) is 2. The van der Waals surface area contributed by atoms with Crippen molar-refractivity contribution in [2.75, 3.05) is 19.6 Å². The zero-order chi connectivity index (χ0) is 17.0. The van der Waals surface area contributed by atoms with Crippen molar-refractivity contribution >= 4 is 16.9 Å². The predicted octanol–water partition coefficient (Wildman–Crippen LogP) is 0.951. The summed E-state index contributed by atoms with van der Waals surface area (Å²) in [4.78, 5) is 24.8. The van der Waals surface area contributed by atoms with Gasteiger partial charge in [0.25, 0.3) is 5.91 Å². The SMILES string of the molecule is CCNC(=O)C[NH+](CC)Cc1cc(=O)oc2cc(C)c(C)cc12. The van der Waals surface area contributed by atoms with Gasteiger partial charge in [0.1, 0.15) is 12.1 Å². The van der Waals surface area contributed by atoms with Crippen molar-refractivity contribution in [3.8, 4) is 0 Å². The van der Waals surface area contributed by atoms with Crippen LogP contribution in [0.15, 0.2) is 27.4 Å². The Balaban J connectivity index is 2.36. The Labute approximate surface area is 136 Å². The molecular weight excluding hydrogens is 292 g/mol. The average Bonchev–Trinajstić information content (AvgIpc) is 2.48. The van der Waals surface area contributed by atoms with E-state index in [1.54, 1.807) is 6.07 Å². The first-order valence-corrected chi connectivity index (χ1v) is 8.08. The van der Waals surface area contributed by atoms with Crippen LogP contribution < -0.4 is 15.8 Å². The number of amides is 1. The molecule has 5 nitrogen and oxygen atoms in total. The third-order valence-electron chi connectivity index (χ3n) is 4.17. The molecule has 1 aromatic carbocycles. The van der Waals surface area contributed by atoms with Crippen LogP contribution in [0.1, 0.15) is 30.5 Å². The Hall–Kier alpha value is -2.14. The molecule has 1 atom stereocenters. The summed E-state index contributed by atoms with van der Waals surface area (Å²) in [6.07, 6.45) is 0. The molecule has 2 aromatic rings. The van der Waals surface area contributed by atoms with Crippen molar-refractivity contribution in [1.29, 1.82) is 0 Å². The van der Waals surface area contributed by atoms with Crippen LogP contribution in [-0.2, 0) is 11.3 Å². The second-order valence-corrected chi connectivity index (χ2v) is 5.93. The van der Waals surface area contributed by atoms with E-state index in [4.69, 9.17) is 4.42 Å². The van der Waals surface area contributed by atoms with E-state index in [0.29, 0.717) is 25.2 Å². The van der Waals surface area contributed by atoms with Crippen LogP contribution in [-0.4, -0.2) is 25.5 Å². The highest BCUT2D eigenvalue weighted by molar-refractivity contribution is 5.81. The van der Waals surface area contributed by atoms with Crippen molar-refractivity contribution in [2.45, 2.75) is 34.2 Å². The molecule has 23 heavy (non-hydrogen) atoms. The quantitative estimate of drug-likeness (QED) is 0.780. The number of likely N-dealkylation sites (N-methyl/N-ethyl adjacent to an activating group) is 2. The van der Waals surface area contributed by atoms with Crippen LogP contribution >= 0.6 is 0 Å². The summed E-state index contributed by atoms with van der Waals surface area (Å²) in [5.74, 6) is 0.0312. The number of aryl methyl sites for hydroxylation is 2. The van der Waals surface area contributed by atoms with E-state index in [9.17, 15) is 9.59 Å². The van der Waals surface area contributed by atoms with E-state index in [0.717, 1.165) is 33.5 Å². The summed E-state index contributed by atoms with van der Waals surface area (Å²) in [5.41, 5.74) is 3.46. The van der Waals surface area contributed by atoms with Crippen LogP contribution in [0.5, 0.6) is 0 Å². The molecule has 0 bridgehead atoms. The molecule has 0 fully saturated rings. The molecule has 1 heterocycles. The smallest absolute Gasteiger partial charge is 0.336 e. The molecule has 5 heteroatoms. The topological polar surface area (TPSA) is 63.8 Å². The summed E-state index contributed by atoms with van der Waals surface area (Å²) >= 11 is 0. The molecule has 2 N–H and O–H groups in total. The minimum Gasteiger partial charge on any atom is -0.423 e. The van der Waals surface area contributed by atoms with E-state index in [2.05, 4.69) is 11.4 Å². The number of nitrogens with one attached hydrogen (secondary N) is 2. The number of rotatable bonds is 6. The molecule has 1 unspecified atom stereocenters. The van der Waals surface area contributed by atoms with Gasteiger partial charge >= 0.3 is 5.63 Å². The first-order valence-electron chi connectivity index (χ1n) is 8.08. The first-order chi connectivity index (χ1) is 10.9. The minimum absolute atomic E-state index is 0.0312. The van der Waals surface area contributed by atoms with Crippen LogP contribution in [0.3, 0.4) is 0 Å². The normalized spacial score (nSPS) is 12.3. The number of fused-ring (bicyclic) bond motifs is 1. The molecule has 0 saturated heterocycles. The fraction of sp³-hybridized carbons (Fsp3) is 0.444. The summed E-state index contributed by atoms with van der Waals surface area (Å²) < 4.78 is 5.33. The highest BCUT2D eigenvalue weighted by Crippen LogP contribution is 2.21. The van der Waals surface area contributed by atoms with Gasteiger partial charge in [-0.3, -0.25) is 4.79 Å². The second kappa shape index (κ2) is 7.42. The standard InChI is InChI=1S/C18H24N2O3/c1-5-19-17(21)11-20(6-2)10-14-9-18(22)23-16-8-13(4)12(3)7-15(14)16/h7-9H,5-6,10-11H2,1-4H3,(H,19,21)/p+1. The van der Waals surface area contributed by atoms with Gasteiger partial charge < -0.3 is 14.6 Å². The third kappa shape index (κ3) is 4.20. The van der Waals surface area contributed by atoms with Crippen molar-refractivity contribution in [1.82, 2.24) is 5.32 Å². The van der Waals surface area contributed by atoms with Gasteiger partial charge in [-0.05, 0) is 51.0 Å². The maximum atomic E-state index is 11.8. The van der Waals surface area contributed by atoms with Crippen molar-refractivity contribution in [2.24, 2.45) is 0 Å². The van der Waals surface area contributed by atoms with Gasteiger partial charge in [0, 0.05) is 23.6 Å². The lowest BCUT2D eigenvalue weighted by Crippen LogP contribution is -3.11. The Morgan fingerprint density at radius 3 is 2.52 bits per heavy atom. The molecular formula is C18H25N2O3+. The maximum Gasteiger partial charge on any atom is 0.336 e. The summed E-state index contributed by atoms with van der Waals surface area (Å²) in [7, 11) is 0.